The van der Waals surface area contributed by atoms with Crippen molar-refractivity contribution in [2.24, 2.45) is 0 Å². The predicted molar refractivity (Wildman–Crippen MR) is 72.4 cm³/mol. The summed E-state index contributed by atoms with van der Waals surface area (Å²) in [6.45, 7) is 9.21. The summed E-state index contributed by atoms with van der Waals surface area (Å²) in [6, 6.07) is 0. The minimum Gasteiger partial charge on any atom is -0.355 e. The van der Waals surface area contributed by atoms with Crippen LogP contribution >= 0.6 is 0 Å². The highest BCUT2D eigenvalue weighted by atomic mass is 16.1. The van der Waals surface area contributed by atoms with E-state index in [1.54, 1.807) is 0 Å². The van der Waals surface area contributed by atoms with E-state index >= 15 is 0 Å². The standard InChI is InChI=1S/C13H24N4O/c1-10-11(8-16-17-10)6-5-7-14-12(18)9-15-13(2,3)4/h8,15H,5-7,9H2,1-4H3,(H,14,18)(H,16,17). The van der Waals surface area contributed by atoms with Crippen molar-refractivity contribution in [1.82, 2.24) is 20.8 Å². The zero-order valence-corrected chi connectivity index (χ0v) is 11.8. The van der Waals surface area contributed by atoms with Crippen LogP contribution in [-0.2, 0) is 11.2 Å². The highest BCUT2D eigenvalue weighted by molar-refractivity contribution is 5.78. The molecular formula is C13H24N4O. The maximum absolute atomic E-state index is 11.5. The molecule has 0 unspecified atom stereocenters. The number of carbonyl (C=O) groups excluding carboxylic acids is 1. The lowest BCUT2D eigenvalue weighted by Gasteiger charge is -2.19. The van der Waals surface area contributed by atoms with E-state index in [0.29, 0.717) is 13.1 Å². The van der Waals surface area contributed by atoms with E-state index in [1.807, 2.05) is 33.9 Å². The highest BCUT2D eigenvalue weighted by Crippen LogP contribution is 2.04. The SMILES string of the molecule is Cc1[nH]ncc1CCCNC(=O)CNC(C)(C)C. The van der Waals surface area contributed by atoms with Gasteiger partial charge in [0.15, 0.2) is 0 Å². The van der Waals surface area contributed by atoms with Gasteiger partial charge in [-0.3, -0.25) is 9.89 Å². The first kappa shape index (κ1) is 14.7. The third kappa shape index (κ3) is 5.82. The van der Waals surface area contributed by atoms with Crippen LogP contribution in [0.5, 0.6) is 0 Å². The first-order chi connectivity index (χ1) is 8.38. The molecule has 1 heterocycles. The number of hydrogen-bond acceptors (Lipinski definition) is 3. The van der Waals surface area contributed by atoms with E-state index in [4.69, 9.17) is 0 Å². The molecule has 0 spiro atoms. The topological polar surface area (TPSA) is 69.8 Å². The van der Waals surface area contributed by atoms with Gasteiger partial charge in [0.25, 0.3) is 0 Å². The van der Waals surface area contributed by atoms with Crippen LogP contribution in [0.4, 0.5) is 0 Å². The molecule has 0 aliphatic heterocycles. The Morgan fingerprint density at radius 2 is 2.17 bits per heavy atom. The molecule has 0 bridgehead atoms. The van der Waals surface area contributed by atoms with Crippen LogP contribution < -0.4 is 10.6 Å². The lowest BCUT2D eigenvalue weighted by molar-refractivity contribution is -0.120. The normalized spacial score (nSPS) is 11.6. The van der Waals surface area contributed by atoms with Crippen molar-refractivity contribution < 1.29 is 4.79 Å². The van der Waals surface area contributed by atoms with E-state index < -0.39 is 0 Å². The van der Waals surface area contributed by atoms with Gasteiger partial charge in [0.2, 0.25) is 5.91 Å². The van der Waals surface area contributed by atoms with Crippen molar-refractivity contribution in [3.8, 4) is 0 Å². The highest BCUT2D eigenvalue weighted by Gasteiger charge is 2.10. The number of aromatic nitrogens is 2. The first-order valence-corrected chi connectivity index (χ1v) is 6.39. The fourth-order valence-corrected chi connectivity index (χ4v) is 1.54. The smallest absolute Gasteiger partial charge is 0.233 e. The van der Waals surface area contributed by atoms with Crippen molar-refractivity contribution in [2.45, 2.75) is 46.1 Å². The monoisotopic (exact) mass is 252 g/mol. The maximum Gasteiger partial charge on any atom is 0.233 e. The van der Waals surface area contributed by atoms with Crippen LogP contribution in [-0.4, -0.2) is 34.7 Å². The number of amides is 1. The number of nitrogens with one attached hydrogen (secondary N) is 3. The molecule has 0 aliphatic rings. The fraction of sp³-hybridized carbons (Fsp3) is 0.692. The van der Waals surface area contributed by atoms with Gasteiger partial charge in [-0.25, -0.2) is 0 Å². The Balaban J connectivity index is 2.11. The van der Waals surface area contributed by atoms with Crippen LogP contribution in [0, 0.1) is 6.92 Å². The molecule has 5 heteroatoms. The van der Waals surface area contributed by atoms with E-state index in [9.17, 15) is 4.79 Å². The van der Waals surface area contributed by atoms with Crippen molar-refractivity contribution in [3.05, 3.63) is 17.5 Å². The second-order valence-corrected chi connectivity index (χ2v) is 5.58. The summed E-state index contributed by atoms with van der Waals surface area (Å²) in [4.78, 5) is 11.5. The van der Waals surface area contributed by atoms with E-state index in [-0.39, 0.29) is 11.4 Å². The maximum atomic E-state index is 11.5. The van der Waals surface area contributed by atoms with Crippen LogP contribution in [0.3, 0.4) is 0 Å². The molecule has 0 radical (unpaired) electrons. The Bertz CT molecular complexity index is 379. The number of nitrogens with zero attached hydrogens (tertiary/aromatic N) is 1. The van der Waals surface area contributed by atoms with E-state index in [0.717, 1.165) is 18.5 Å². The largest absolute Gasteiger partial charge is 0.355 e. The Hall–Kier alpha value is -1.36. The minimum absolute atomic E-state index is 0.0226. The quantitative estimate of drug-likeness (QED) is 0.665. The number of hydrogen-bond donors (Lipinski definition) is 3. The average molecular weight is 252 g/mol. The third-order valence-electron chi connectivity index (χ3n) is 2.66. The number of rotatable bonds is 6. The molecule has 1 aromatic heterocycles. The third-order valence-corrected chi connectivity index (χ3v) is 2.66. The Morgan fingerprint density at radius 1 is 1.44 bits per heavy atom. The fourth-order valence-electron chi connectivity index (χ4n) is 1.54. The zero-order chi connectivity index (χ0) is 13.6. The molecule has 18 heavy (non-hydrogen) atoms. The molecule has 102 valence electrons. The van der Waals surface area contributed by atoms with Gasteiger partial charge in [0, 0.05) is 17.8 Å². The summed E-state index contributed by atoms with van der Waals surface area (Å²) in [5.41, 5.74) is 2.30. The van der Waals surface area contributed by atoms with E-state index in [1.165, 1.54) is 5.56 Å². The molecule has 0 aromatic carbocycles. The summed E-state index contributed by atoms with van der Waals surface area (Å²) in [5.74, 6) is 0.0499. The Kier molecular flexibility index (Phi) is 5.34. The number of carbonyl (C=O) groups is 1. The molecule has 0 fully saturated rings. The summed E-state index contributed by atoms with van der Waals surface area (Å²) in [6.07, 6.45) is 3.72. The van der Waals surface area contributed by atoms with Gasteiger partial charge < -0.3 is 10.6 Å². The molecule has 5 nitrogen and oxygen atoms in total. The first-order valence-electron chi connectivity index (χ1n) is 6.39. The lowest BCUT2D eigenvalue weighted by Crippen LogP contribution is -2.43. The van der Waals surface area contributed by atoms with Crippen LogP contribution in [0.25, 0.3) is 0 Å². The summed E-state index contributed by atoms with van der Waals surface area (Å²) in [7, 11) is 0. The molecule has 3 N–H and O–H groups in total. The Morgan fingerprint density at radius 3 is 2.72 bits per heavy atom. The summed E-state index contributed by atoms with van der Waals surface area (Å²) >= 11 is 0. The minimum atomic E-state index is -0.0226. The number of aryl methyl sites for hydroxylation is 2. The lowest BCUT2D eigenvalue weighted by atomic mass is 10.1. The number of H-pyrrole nitrogens is 1. The summed E-state index contributed by atoms with van der Waals surface area (Å²) in [5, 5.41) is 12.9. The molecule has 0 aliphatic carbocycles. The van der Waals surface area contributed by atoms with Crippen molar-refractivity contribution in [1.29, 1.82) is 0 Å². The van der Waals surface area contributed by atoms with Gasteiger partial charge >= 0.3 is 0 Å². The van der Waals surface area contributed by atoms with E-state index in [2.05, 4.69) is 20.8 Å². The molecule has 0 atom stereocenters. The van der Waals surface area contributed by atoms with Gasteiger partial charge in [-0.1, -0.05) is 0 Å². The van der Waals surface area contributed by atoms with Gasteiger partial charge in [-0.15, -0.1) is 0 Å². The van der Waals surface area contributed by atoms with Crippen molar-refractivity contribution >= 4 is 5.91 Å². The van der Waals surface area contributed by atoms with Crippen molar-refractivity contribution in [3.63, 3.8) is 0 Å². The van der Waals surface area contributed by atoms with Gasteiger partial charge in [-0.05, 0) is 46.1 Å². The summed E-state index contributed by atoms with van der Waals surface area (Å²) < 4.78 is 0. The van der Waals surface area contributed by atoms with Crippen molar-refractivity contribution in [2.75, 3.05) is 13.1 Å². The second-order valence-electron chi connectivity index (χ2n) is 5.58. The van der Waals surface area contributed by atoms with Crippen LogP contribution in [0.1, 0.15) is 38.4 Å². The van der Waals surface area contributed by atoms with Crippen LogP contribution in [0.2, 0.25) is 0 Å². The predicted octanol–water partition coefficient (Wildman–Crippen LogP) is 1.16. The van der Waals surface area contributed by atoms with Gasteiger partial charge in [-0.2, -0.15) is 5.10 Å². The molecule has 1 rings (SSSR count). The van der Waals surface area contributed by atoms with Gasteiger partial charge in [0.1, 0.15) is 0 Å². The molecule has 1 amide bonds. The molecule has 1 aromatic rings. The van der Waals surface area contributed by atoms with Crippen LogP contribution in [0.15, 0.2) is 6.20 Å². The molecule has 0 saturated heterocycles. The Labute approximate surface area is 109 Å². The average Bonchev–Trinajstić information content (AvgIpc) is 2.67. The van der Waals surface area contributed by atoms with Gasteiger partial charge in [0.05, 0.1) is 12.7 Å². The molecular weight excluding hydrogens is 228 g/mol. The second kappa shape index (κ2) is 6.54. The molecule has 0 saturated carbocycles. The number of aromatic amines is 1. The zero-order valence-electron chi connectivity index (χ0n) is 11.8.